The van der Waals surface area contributed by atoms with Crippen molar-refractivity contribution >= 4 is 27.7 Å². The molecule has 0 aliphatic carbocycles. The molecule has 0 aliphatic rings. The highest BCUT2D eigenvalue weighted by Crippen LogP contribution is 2.17. The van der Waals surface area contributed by atoms with Gasteiger partial charge in [-0.3, -0.25) is 0 Å². The first-order valence-corrected chi connectivity index (χ1v) is 6.64. The summed E-state index contributed by atoms with van der Waals surface area (Å²) in [4.78, 5) is 11.6. The van der Waals surface area contributed by atoms with Crippen LogP contribution in [-0.2, 0) is 11.3 Å². The molecule has 0 radical (unpaired) electrons. The highest BCUT2D eigenvalue weighted by Gasteiger charge is 2.16. The van der Waals surface area contributed by atoms with Crippen LogP contribution < -0.4 is 5.73 Å². The van der Waals surface area contributed by atoms with Crippen molar-refractivity contribution in [2.24, 2.45) is 0 Å². The van der Waals surface area contributed by atoms with Crippen LogP contribution in [0.15, 0.2) is 34.9 Å². The van der Waals surface area contributed by atoms with Gasteiger partial charge in [-0.25, -0.2) is 9.48 Å². The molecule has 5 nitrogen and oxygen atoms in total. The molecule has 0 spiro atoms. The molecule has 1 aromatic carbocycles. The van der Waals surface area contributed by atoms with Crippen LogP contribution in [0.4, 0.5) is 5.82 Å². The maximum Gasteiger partial charge on any atom is 0.343 e. The zero-order valence-corrected chi connectivity index (χ0v) is 12.1. The minimum absolute atomic E-state index is 0.303. The molecule has 0 saturated heterocycles. The predicted molar refractivity (Wildman–Crippen MR) is 75.8 cm³/mol. The summed E-state index contributed by atoms with van der Waals surface area (Å²) in [5.74, 6) is -0.126. The standard InChI is InChI=1S/C13H14BrN3O2/c1-2-19-13(18)11-7-16-17(12(11)15)8-9-4-3-5-10(14)6-9/h3-7H,2,8,15H2,1H3. The molecule has 6 heteroatoms. The second kappa shape index (κ2) is 5.88. The normalized spacial score (nSPS) is 10.4. The van der Waals surface area contributed by atoms with Crippen molar-refractivity contribution in [2.45, 2.75) is 13.5 Å². The van der Waals surface area contributed by atoms with Gasteiger partial charge in [-0.2, -0.15) is 5.10 Å². The van der Waals surface area contributed by atoms with E-state index in [9.17, 15) is 4.79 Å². The van der Waals surface area contributed by atoms with Crippen LogP contribution in [0, 0.1) is 0 Å². The van der Waals surface area contributed by atoms with Crippen LogP contribution in [0.25, 0.3) is 0 Å². The number of nitrogen functional groups attached to an aromatic ring is 1. The van der Waals surface area contributed by atoms with E-state index in [1.165, 1.54) is 6.20 Å². The summed E-state index contributed by atoms with van der Waals surface area (Å²) < 4.78 is 7.48. The summed E-state index contributed by atoms with van der Waals surface area (Å²) in [6, 6.07) is 7.83. The maximum absolute atomic E-state index is 11.6. The second-order valence-corrected chi connectivity index (χ2v) is 4.87. The first-order chi connectivity index (χ1) is 9.11. The Hall–Kier alpha value is -1.82. The highest BCUT2D eigenvalue weighted by molar-refractivity contribution is 9.10. The summed E-state index contributed by atoms with van der Waals surface area (Å²) in [7, 11) is 0. The monoisotopic (exact) mass is 323 g/mol. The molecule has 0 amide bonds. The number of nitrogens with two attached hydrogens (primary N) is 1. The third kappa shape index (κ3) is 3.14. The van der Waals surface area contributed by atoms with Crippen LogP contribution in [-0.4, -0.2) is 22.4 Å². The molecule has 19 heavy (non-hydrogen) atoms. The zero-order chi connectivity index (χ0) is 13.8. The Morgan fingerprint density at radius 1 is 1.53 bits per heavy atom. The van der Waals surface area contributed by atoms with Crippen LogP contribution in [0.5, 0.6) is 0 Å². The Kier molecular flexibility index (Phi) is 4.21. The molecule has 1 aromatic heterocycles. The fraction of sp³-hybridized carbons (Fsp3) is 0.231. The van der Waals surface area contributed by atoms with Crippen molar-refractivity contribution in [3.8, 4) is 0 Å². The van der Waals surface area contributed by atoms with Gasteiger partial charge in [0.1, 0.15) is 11.4 Å². The third-order valence-corrected chi connectivity index (χ3v) is 3.09. The topological polar surface area (TPSA) is 70.1 Å². The van der Waals surface area contributed by atoms with Gasteiger partial charge in [-0.05, 0) is 24.6 Å². The zero-order valence-electron chi connectivity index (χ0n) is 10.5. The van der Waals surface area contributed by atoms with E-state index >= 15 is 0 Å². The molecule has 0 fully saturated rings. The number of ether oxygens (including phenoxy) is 1. The smallest absolute Gasteiger partial charge is 0.343 e. The van der Waals surface area contributed by atoms with Crippen LogP contribution in [0.3, 0.4) is 0 Å². The van der Waals surface area contributed by atoms with Crippen molar-refractivity contribution in [3.05, 3.63) is 46.1 Å². The summed E-state index contributed by atoms with van der Waals surface area (Å²) in [6.07, 6.45) is 1.44. The van der Waals surface area contributed by atoms with Gasteiger partial charge in [0.05, 0.1) is 19.3 Å². The van der Waals surface area contributed by atoms with E-state index in [0.717, 1.165) is 10.0 Å². The molecule has 1 heterocycles. The van der Waals surface area contributed by atoms with Crippen molar-refractivity contribution in [1.29, 1.82) is 0 Å². The highest BCUT2D eigenvalue weighted by atomic mass is 79.9. The van der Waals surface area contributed by atoms with Gasteiger partial charge in [0.15, 0.2) is 0 Å². The average Bonchev–Trinajstić information content (AvgIpc) is 2.71. The quantitative estimate of drug-likeness (QED) is 0.877. The molecule has 0 unspecified atom stereocenters. The molecule has 0 bridgehead atoms. The van der Waals surface area contributed by atoms with Gasteiger partial charge in [-0.15, -0.1) is 0 Å². The number of esters is 1. The molecule has 0 aliphatic heterocycles. The number of nitrogens with zero attached hydrogens (tertiary/aromatic N) is 2. The predicted octanol–water partition coefficient (Wildman–Crippen LogP) is 2.45. The Balaban J connectivity index is 2.20. The van der Waals surface area contributed by atoms with E-state index in [2.05, 4.69) is 21.0 Å². The number of anilines is 1. The molecule has 0 atom stereocenters. The van der Waals surface area contributed by atoms with E-state index in [-0.39, 0.29) is 0 Å². The molecule has 2 N–H and O–H groups in total. The largest absolute Gasteiger partial charge is 0.462 e. The lowest BCUT2D eigenvalue weighted by Crippen LogP contribution is -2.10. The van der Waals surface area contributed by atoms with Crippen molar-refractivity contribution in [3.63, 3.8) is 0 Å². The maximum atomic E-state index is 11.6. The van der Waals surface area contributed by atoms with E-state index in [4.69, 9.17) is 10.5 Å². The van der Waals surface area contributed by atoms with E-state index in [1.54, 1.807) is 11.6 Å². The van der Waals surface area contributed by atoms with Crippen LogP contribution in [0.2, 0.25) is 0 Å². The number of rotatable bonds is 4. The number of aromatic nitrogens is 2. The summed E-state index contributed by atoms with van der Waals surface area (Å²) in [5.41, 5.74) is 7.25. The molecule has 2 rings (SSSR count). The summed E-state index contributed by atoms with van der Waals surface area (Å²) in [6.45, 7) is 2.57. The van der Waals surface area contributed by atoms with Gasteiger partial charge in [0.2, 0.25) is 0 Å². The minimum atomic E-state index is -0.444. The van der Waals surface area contributed by atoms with E-state index in [1.807, 2.05) is 24.3 Å². The number of carbonyl (C=O) groups excluding carboxylic acids is 1. The summed E-state index contributed by atoms with van der Waals surface area (Å²) in [5, 5.41) is 4.12. The van der Waals surface area contributed by atoms with Gasteiger partial charge >= 0.3 is 5.97 Å². The summed E-state index contributed by atoms with van der Waals surface area (Å²) >= 11 is 3.41. The first kappa shape index (κ1) is 13.6. The number of carbonyl (C=O) groups is 1. The molecular weight excluding hydrogens is 310 g/mol. The fourth-order valence-corrected chi connectivity index (χ4v) is 2.14. The molecule has 100 valence electrons. The SMILES string of the molecule is CCOC(=O)c1cnn(Cc2cccc(Br)c2)c1N. The molecule has 2 aromatic rings. The Morgan fingerprint density at radius 3 is 3.00 bits per heavy atom. The Labute approximate surface area is 119 Å². The van der Waals surface area contributed by atoms with Crippen molar-refractivity contribution in [1.82, 2.24) is 9.78 Å². The number of hydrogen-bond donors (Lipinski definition) is 1. The van der Waals surface area contributed by atoms with Crippen LogP contribution >= 0.6 is 15.9 Å². The van der Waals surface area contributed by atoms with Gasteiger partial charge in [0.25, 0.3) is 0 Å². The minimum Gasteiger partial charge on any atom is -0.462 e. The van der Waals surface area contributed by atoms with Crippen molar-refractivity contribution in [2.75, 3.05) is 12.3 Å². The van der Waals surface area contributed by atoms with E-state index < -0.39 is 5.97 Å². The number of benzene rings is 1. The first-order valence-electron chi connectivity index (χ1n) is 5.84. The van der Waals surface area contributed by atoms with Gasteiger partial charge in [-0.1, -0.05) is 28.1 Å². The lowest BCUT2D eigenvalue weighted by molar-refractivity contribution is 0.0527. The van der Waals surface area contributed by atoms with Gasteiger partial charge < -0.3 is 10.5 Å². The lowest BCUT2D eigenvalue weighted by atomic mass is 10.2. The number of halogens is 1. The van der Waals surface area contributed by atoms with Gasteiger partial charge in [0, 0.05) is 4.47 Å². The van der Waals surface area contributed by atoms with Crippen molar-refractivity contribution < 1.29 is 9.53 Å². The van der Waals surface area contributed by atoms with Crippen LogP contribution in [0.1, 0.15) is 22.8 Å². The third-order valence-electron chi connectivity index (χ3n) is 2.60. The number of hydrogen-bond acceptors (Lipinski definition) is 4. The molecule has 0 saturated carbocycles. The van der Waals surface area contributed by atoms with E-state index in [0.29, 0.717) is 24.5 Å². The molecular formula is C13H14BrN3O2. The fourth-order valence-electron chi connectivity index (χ4n) is 1.70. The Bertz CT molecular complexity index is 595. The average molecular weight is 324 g/mol. The second-order valence-electron chi connectivity index (χ2n) is 3.95. The lowest BCUT2D eigenvalue weighted by Gasteiger charge is -2.06. The Morgan fingerprint density at radius 2 is 2.32 bits per heavy atom.